The lowest BCUT2D eigenvalue weighted by molar-refractivity contribution is 0.318. The van der Waals surface area contributed by atoms with Crippen molar-refractivity contribution in [2.24, 2.45) is 0 Å². The molecule has 0 radical (unpaired) electrons. The molecule has 0 aliphatic heterocycles. The zero-order chi connectivity index (χ0) is 12.9. The van der Waals surface area contributed by atoms with E-state index in [0.29, 0.717) is 12.2 Å². The Kier molecular flexibility index (Phi) is 4.98. The van der Waals surface area contributed by atoms with E-state index in [2.05, 4.69) is 0 Å². The molecule has 1 aromatic carbocycles. The molecule has 17 heavy (non-hydrogen) atoms. The van der Waals surface area contributed by atoms with Crippen molar-refractivity contribution in [1.29, 1.82) is 0 Å². The Hall–Kier alpha value is -1.05. The summed E-state index contributed by atoms with van der Waals surface area (Å²) in [5, 5.41) is 18.1. The van der Waals surface area contributed by atoms with Crippen LogP contribution in [-0.4, -0.2) is 44.2 Å². The van der Waals surface area contributed by atoms with Crippen LogP contribution in [0.2, 0.25) is 0 Å². The van der Waals surface area contributed by atoms with Crippen LogP contribution in [0.1, 0.15) is 6.42 Å². The van der Waals surface area contributed by atoms with Gasteiger partial charge in [-0.1, -0.05) is 18.2 Å². The maximum Gasteiger partial charge on any atom is 0.492 e. The molecule has 0 amide bonds. The minimum atomic E-state index is -2.98. The van der Waals surface area contributed by atoms with Gasteiger partial charge in [0, 0.05) is 11.7 Å². The predicted octanol–water partition coefficient (Wildman–Crippen LogP) is -0.820. The van der Waals surface area contributed by atoms with Gasteiger partial charge in [0.15, 0.2) is 0 Å². The molecule has 5 nitrogen and oxygen atoms in total. The zero-order valence-corrected chi connectivity index (χ0v) is 10.4. The lowest BCUT2D eigenvalue weighted by Crippen LogP contribution is -2.31. The van der Waals surface area contributed by atoms with Crippen molar-refractivity contribution in [3.63, 3.8) is 0 Å². The summed E-state index contributed by atoms with van der Waals surface area (Å²) in [7, 11) is -4.58. The molecular formula is C10H15BO5S. The van der Waals surface area contributed by atoms with Gasteiger partial charge in [0.2, 0.25) is 0 Å². The molecule has 7 heteroatoms. The summed E-state index contributed by atoms with van der Waals surface area (Å²) in [6.45, 7) is 0.219. The van der Waals surface area contributed by atoms with Crippen molar-refractivity contribution in [2.75, 3.05) is 18.6 Å². The molecule has 0 heterocycles. The van der Waals surface area contributed by atoms with Gasteiger partial charge in [0.05, 0.1) is 12.4 Å². The number of sulfone groups is 1. The van der Waals surface area contributed by atoms with Crippen LogP contribution in [0.3, 0.4) is 0 Å². The summed E-state index contributed by atoms with van der Waals surface area (Å²) in [6, 6.07) is 6.52. The first-order chi connectivity index (χ1) is 7.90. The quantitative estimate of drug-likeness (QED) is 0.514. The van der Waals surface area contributed by atoms with Crippen LogP contribution in [0, 0.1) is 0 Å². The number of hydrogen-bond acceptors (Lipinski definition) is 5. The number of ether oxygens (including phenoxy) is 1. The van der Waals surface area contributed by atoms with Gasteiger partial charge in [0.1, 0.15) is 15.6 Å². The van der Waals surface area contributed by atoms with E-state index in [4.69, 9.17) is 14.8 Å². The molecule has 0 unspecified atom stereocenters. The lowest BCUT2D eigenvalue weighted by Gasteiger charge is -2.10. The van der Waals surface area contributed by atoms with E-state index in [1.807, 2.05) is 0 Å². The first-order valence-corrected chi connectivity index (χ1v) is 7.22. The molecule has 0 aliphatic carbocycles. The summed E-state index contributed by atoms with van der Waals surface area (Å²) in [6.07, 6.45) is 1.53. The van der Waals surface area contributed by atoms with E-state index in [1.54, 1.807) is 18.2 Å². The second-order valence-corrected chi connectivity index (χ2v) is 6.00. The van der Waals surface area contributed by atoms with E-state index in [1.165, 1.54) is 12.3 Å². The van der Waals surface area contributed by atoms with Crippen LogP contribution in [-0.2, 0) is 9.84 Å². The van der Waals surface area contributed by atoms with Crippen molar-refractivity contribution >= 4 is 22.4 Å². The van der Waals surface area contributed by atoms with Crippen LogP contribution < -0.4 is 10.2 Å². The summed E-state index contributed by atoms with van der Waals surface area (Å²) in [5.41, 5.74) is 0.270. The van der Waals surface area contributed by atoms with Gasteiger partial charge in [-0.15, -0.1) is 0 Å². The predicted molar refractivity (Wildman–Crippen MR) is 66.1 cm³/mol. The highest BCUT2D eigenvalue weighted by Crippen LogP contribution is 2.07. The minimum absolute atomic E-state index is 0.0524. The highest BCUT2D eigenvalue weighted by atomic mass is 32.2. The van der Waals surface area contributed by atoms with Crippen LogP contribution >= 0.6 is 0 Å². The molecule has 0 bridgehead atoms. The molecule has 0 aromatic heterocycles. The van der Waals surface area contributed by atoms with Gasteiger partial charge < -0.3 is 14.8 Å². The van der Waals surface area contributed by atoms with Gasteiger partial charge in [-0.3, -0.25) is 0 Å². The van der Waals surface area contributed by atoms with Crippen molar-refractivity contribution in [2.45, 2.75) is 6.42 Å². The van der Waals surface area contributed by atoms with E-state index in [9.17, 15) is 8.42 Å². The van der Waals surface area contributed by atoms with Crippen LogP contribution in [0.15, 0.2) is 24.3 Å². The molecular weight excluding hydrogens is 243 g/mol. The van der Waals surface area contributed by atoms with Crippen LogP contribution in [0.4, 0.5) is 0 Å². The average Bonchev–Trinajstić information content (AvgIpc) is 2.23. The average molecular weight is 258 g/mol. The molecule has 1 aromatic rings. The van der Waals surface area contributed by atoms with E-state index in [-0.39, 0.29) is 17.8 Å². The molecule has 0 saturated heterocycles. The Labute approximate surface area is 101 Å². The van der Waals surface area contributed by atoms with Crippen LogP contribution in [0.5, 0.6) is 5.75 Å². The number of rotatable bonds is 6. The fraction of sp³-hybridized carbons (Fsp3) is 0.400. The third-order valence-corrected chi connectivity index (χ3v) is 3.14. The fourth-order valence-corrected chi connectivity index (χ4v) is 1.97. The Morgan fingerprint density at radius 1 is 1.29 bits per heavy atom. The molecule has 94 valence electrons. The van der Waals surface area contributed by atoms with Crippen molar-refractivity contribution in [3.8, 4) is 5.75 Å². The monoisotopic (exact) mass is 258 g/mol. The largest absolute Gasteiger partial charge is 0.494 e. The molecule has 0 fully saturated rings. The standard InChI is InChI=1S/C10H15BO5S/c1-17(14,15)8-4-7-16-10-6-3-2-5-9(10)11(12)13/h2-3,5-6,12-13H,4,7-8H2,1H3. The summed E-state index contributed by atoms with van der Waals surface area (Å²) in [4.78, 5) is 0. The van der Waals surface area contributed by atoms with Gasteiger partial charge in [-0.05, 0) is 12.5 Å². The SMILES string of the molecule is CS(=O)(=O)CCCOc1ccccc1B(O)O. The number of hydrogen-bond donors (Lipinski definition) is 2. The maximum absolute atomic E-state index is 10.9. The zero-order valence-electron chi connectivity index (χ0n) is 9.54. The van der Waals surface area contributed by atoms with E-state index < -0.39 is 17.0 Å². The molecule has 0 atom stereocenters. The van der Waals surface area contributed by atoms with Crippen molar-refractivity contribution in [3.05, 3.63) is 24.3 Å². The van der Waals surface area contributed by atoms with Crippen molar-refractivity contribution in [1.82, 2.24) is 0 Å². The number of benzene rings is 1. The van der Waals surface area contributed by atoms with Gasteiger partial charge in [0.25, 0.3) is 0 Å². The molecule has 1 rings (SSSR count). The van der Waals surface area contributed by atoms with Gasteiger partial charge in [-0.25, -0.2) is 8.42 Å². The first kappa shape index (κ1) is 14.0. The highest BCUT2D eigenvalue weighted by molar-refractivity contribution is 7.90. The second kappa shape index (κ2) is 6.04. The maximum atomic E-state index is 10.9. The normalized spacial score (nSPS) is 11.2. The summed E-state index contributed by atoms with van der Waals surface area (Å²) in [5.74, 6) is 0.410. The van der Waals surface area contributed by atoms with Crippen LogP contribution in [0.25, 0.3) is 0 Å². The Morgan fingerprint density at radius 2 is 1.94 bits per heavy atom. The Balaban J connectivity index is 2.52. The Bertz CT molecular complexity index is 458. The van der Waals surface area contributed by atoms with Crippen molar-refractivity contribution < 1.29 is 23.2 Å². The number of para-hydroxylation sites is 1. The van der Waals surface area contributed by atoms with E-state index >= 15 is 0 Å². The molecule has 0 aliphatic rings. The summed E-state index contributed by atoms with van der Waals surface area (Å²) < 4.78 is 27.1. The molecule has 0 spiro atoms. The lowest BCUT2D eigenvalue weighted by atomic mass is 9.79. The minimum Gasteiger partial charge on any atom is -0.494 e. The van der Waals surface area contributed by atoms with Gasteiger partial charge >= 0.3 is 7.12 Å². The first-order valence-electron chi connectivity index (χ1n) is 5.16. The van der Waals surface area contributed by atoms with Gasteiger partial charge in [-0.2, -0.15) is 0 Å². The second-order valence-electron chi connectivity index (χ2n) is 3.74. The molecule has 2 N–H and O–H groups in total. The van der Waals surface area contributed by atoms with E-state index in [0.717, 1.165) is 0 Å². The third kappa shape index (κ3) is 5.21. The topological polar surface area (TPSA) is 83.8 Å². The smallest absolute Gasteiger partial charge is 0.492 e. The summed E-state index contributed by atoms with van der Waals surface area (Å²) >= 11 is 0. The highest BCUT2D eigenvalue weighted by Gasteiger charge is 2.16. The molecule has 0 saturated carbocycles. The Morgan fingerprint density at radius 3 is 2.53 bits per heavy atom. The third-order valence-electron chi connectivity index (χ3n) is 2.11. The fourth-order valence-electron chi connectivity index (χ4n) is 1.33.